The molecule has 1 aromatic carbocycles. The van der Waals surface area contributed by atoms with E-state index in [0.29, 0.717) is 55.0 Å². The van der Waals surface area contributed by atoms with Crippen molar-refractivity contribution in [1.29, 1.82) is 0 Å². The van der Waals surface area contributed by atoms with Crippen LogP contribution in [-0.4, -0.2) is 36.9 Å². The standard InChI is InChI=1S/C26H33NO3/c1-27(2)18-5-3-4-16(12-18)14-26-15-23(29)25-20-9-7-19(28)13-17(20)6-8-21(25)22(26)10-11-24(26)30/h3-6,12,20-23,25,29H,7-11,13-15H2,1-2H3/t20-,21-,22-,23-,25+,26-/m0/s1. The molecule has 4 aliphatic rings. The van der Waals surface area contributed by atoms with Gasteiger partial charge in [-0.15, -0.1) is 0 Å². The summed E-state index contributed by atoms with van der Waals surface area (Å²) < 4.78 is 0. The van der Waals surface area contributed by atoms with Crippen LogP contribution < -0.4 is 4.90 Å². The highest BCUT2D eigenvalue weighted by Gasteiger charge is 2.60. The van der Waals surface area contributed by atoms with E-state index < -0.39 is 11.5 Å². The molecule has 0 saturated heterocycles. The molecule has 4 heteroatoms. The zero-order chi connectivity index (χ0) is 21.0. The first kappa shape index (κ1) is 20.0. The SMILES string of the molecule is CN(C)c1cccc(C[C@]23C[C@H](O)[C@H]4[C@@H](CC=C5CC(=O)CC[C@@H]54)[C@@H]2CCC3=O)c1. The average molecular weight is 408 g/mol. The summed E-state index contributed by atoms with van der Waals surface area (Å²) in [6.07, 6.45) is 7.77. The van der Waals surface area contributed by atoms with Gasteiger partial charge in [0.1, 0.15) is 11.6 Å². The number of carbonyl (C=O) groups is 2. The van der Waals surface area contributed by atoms with E-state index in [9.17, 15) is 14.7 Å². The molecule has 0 heterocycles. The van der Waals surface area contributed by atoms with Crippen LogP contribution in [0.4, 0.5) is 5.69 Å². The number of rotatable bonds is 3. The molecule has 0 amide bonds. The zero-order valence-corrected chi connectivity index (χ0v) is 18.1. The van der Waals surface area contributed by atoms with Crippen molar-refractivity contribution in [1.82, 2.24) is 0 Å². The molecule has 3 saturated carbocycles. The number of Topliss-reactive ketones (excluding diaryl/α,β-unsaturated/α-hetero) is 2. The van der Waals surface area contributed by atoms with Gasteiger partial charge in [-0.3, -0.25) is 9.59 Å². The van der Waals surface area contributed by atoms with Gasteiger partial charge in [-0.2, -0.15) is 0 Å². The number of hydrogen-bond acceptors (Lipinski definition) is 4. The van der Waals surface area contributed by atoms with Crippen LogP contribution in [-0.2, 0) is 16.0 Å². The molecule has 5 rings (SSSR count). The van der Waals surface area contributed by atoms with E-state index in [1.54, 1.807) is 0 Å². The summed E-state index contributed by atoms with van der Waals surface area (Å²) >= 11 is 0. The minimum absolute atomic E-state index is 0.218. The van der Waals surface area contributed by atoms with Gasteiger partial charge in [-0.1, -0.05) is 23.8 Å². The van der Waals surface area contributed by atoms with Crippen LogP contribution >= 0.6 is 0 Å². The van der Waals surface area contributed by atoms with Gasteiger partial charge in [0.15, 0.2) is 0 Å². The number of fused-ring (bicyclic) bond motifs is 5. The van der Waals surface area contributed by atoms with Crippen molar-refractivity contribution in [2.75, 3.05) is 19.0 Å². The third-order valence-corrected chi connectivity index (χ3v) is 8.65. The molecule has 0 spiro atoms. The minimum atomic E-state index is -0.452. The Hall–Kier alpha value is -1.94. The predicted molar refractivity (Wildman–Crippen MR) is 117 cm³/mol. The van der Waals surface area contributed by atoms with Crippen molar-refractivity contribution < 1.29 is 14.7 Å². The lowest BCUT2D eigenvalue weighted by Gasteiger charge is -2.54. The Kier molecular flexibility index (Phi) is 4.89. The van der Waals surface area contributed by atoms with Gasteiger partial charge in [-0.05, 0) is 73.5 Å². The Morgan fingerprint density at radius 3 is 2.80 bits per heavy atom. The van der Waals surface area contributed by atoms with Crippen LogP contribution in [0.1, 0.15) is 50.5 Å². The first-order valence-electron chi connectivity index (χ1n) is 11.6. The minimum Gasteiger partial charge on any atom is -0.393 e. The topological polar surface area (TPSA) is 57.6 Å². The highest BCUT2D eigenvalue weighted by atomic mass is 16.3. The molecule has 1 aromatic rings. The fourth-order valence-electron chi connectivity index (χ4n) is 7.37. The summed E-state index contributed by atoms with van der Waals surface area (Å²) in [5.41, 5.74) is 3.18. The summed E-state index contributed by atoms with van der Waals surface area (Å²) in [5.74, 6) is 1.95. The molecule has 6 atom stereocenters. The van der Waals surface area contributed by atoms with Crippen LogP contribution in [0, 0.1) is 29.1 Å². The van der Waals surface area contributed by atoms with Crippen LogP contribution in [0.25, 0.3) is 0 Å². The fourth-order valence-corrected chi connectivity index (χ4v) is 7.37. The van der Waals surface area contributed by atoms with E-state index in [0.717, 1.165) is 31.4 Å². The fraction of sp³-hybridized carbons (Fsp3) is 0.615. The first-order chi connectivity index (χ1) is 14.4. The van der Waals surface area contributed by atoms with E-state index in [1.165, 1.54) is 11.1 Å². The van der Waals surface area contributed by atoms with Gasteiger partial charge in [0.2, 0.25) is 0 Å². The Labute approximate surface area is 179 Å². The van der Waals surface area contributed by atoms with Crippen LogP contribution in [0.3, 0.4) is 0 Å². The molecule has 0 aromatic heterocycles. The van der Waals surface area contributed by atoms with Gasteiger partial charge in [0.25, 0.3) is 0 Å². The molecule has 0 radical (unpaired) electrons. The van der Waals surface area contributed by atoms with Crippen LogP contribution in [0.2, 0.25) is 0 Å². The largest absolute Gasteiger partial charge is 0.393 e. The molecule has 1 N–H and O–H groups in total. The van der Waals surface area contributed by atoms with E-state index in [4.69, 9.17) is 0 Å². The molecule has 30 heavy (non-hydrogen) atoms. The van der Waals surface area contributed by atoms with E-state index in [1.807, 2.05) is 14.1 Å². The number of benzene rings is 1. The number of aliphatic hydroxyl groups excluding tert-OH is 1. The van der Waals surface area contributed by atoms with E-state index in [2.05, 4.69) is 35.2 Å². The summed E-state index contributed by atoms with van der Waals surface area (Å²) in [6, 6.07) is 8.50. The second-order valence-electron chi connectivity index (χ2n) is 10.4. The lowest BCUT2D eigenvalue weighted by atomic mass is 9.50. The smallest absolute Gasteiger partial charge is 0.139 e. The van der Waals surface area contributed by atoms with Crippen molar-refractivity contribution in [2.24, 2.45) is 29.1 Å². The summed E-state index contributed by atoms with van der Waals surface area (Å²) in [4.78, 5) is 27.4. The maximum atomic E-state index is 13.3. The Morgan fingerprint density at radius 2 is 2.00 bits per heavy atom. The van der Waals surface area contributed by atoms with Crippen molar-refractivity contribution >= 4 is 17.3 Å². The number of allylic oxidation sites excluding steroid dienone is 2. The number of hydrogen-bond donors (Lipinski definition) is 1. The highest BCUT2D eigenvalue weighted by Crippen LogP contribution is 2.61. The monoisotopic (exact) mass is 407 g/mol. The van der Waals surface area contributed by atoms with Gasteiger partial charge >= 0.3 is 0 Å². The second-order valence-corrected chi connectivity index (χ2v) is 10.4. The molecular weight excluding hydrogens is 374 g/mol. The summed E-state index contributed by atoms with van der Waals surface area (Å²) in [6.45, 7) is 0. The van der Waals surface area contributed by atoms with E-state index in [-0.39, 0.29) is 5.92 Å². The third-order valence-electron chi connectivity index (χ3n) is 8.65. The molecule has 4 aliphatic carbocycles. The molecule has 160 valence electrons. The second kappa shape index (κ2) is 7.33. The average Bonchev–Trinajstić information content (AvgIpc) is 3.03. The van der Waals surface area contributed by atoms with Crippen molar-refractivity contribution in [2.45, 2.75) is 57.5 Å². The lowest BCUT2D eigenvalue weighted by molar-refractivity contribution is -0.141. The van der Waals surface area contributed by atoms with E-state index >= 15 is 0 Å². The quantitative estimate of drug-likeness (QED) is 0.771. The molecule has 4 nitrogen and oxygen atoms in total. The number of ketones is 2. The van der Waals surface area contributed by atoms with Crippen molar-refractivity contribution in [3.05, 3.63) is 41.5 Å². The van der Waals surface area contributed by atoms with Crippen molar-refractivity contribution in [3.63, 3.8) is 0 Å². The highest BCUT2D eigenvalue weighted by molar-refractivity contribution is 5.88. The third kappa shape index (κ3) is 3.07. The first-order valence-corrected chi connectivity index (χ1v) is 11.6. The van der Waals surface area contributed by atoms with Gasteiger partial charge in [0, 0.05) is 44.5 Å². The lowest BCUT2D eigenvalue weighted by Crippen LogP contribution is -2.54. The number of nitrogens with zero attached hydrogens (tertiary/aromatic N) is 1. The molecular formula is C26H33NO3. The molecule has 3 fully saturated rings. The van der Waals surface area contributed by atoms with Gasteiger partial charge in [0.05, 0.1) is 6.10 Å². The normalized spacial score (nSPS) is 37.8. The molecule has 0 unspecified atom stereocenters. The summed E-state index contributed by atoms with van der Waals surface area (Å²) in [5, 5.41) is 11.4. The molecule has 0 bridgehead atoms. The number of anilines is 1. The van der Waals surface area contributed by atoms with Crippen LogP contribution in [0.5, 0.6) is 0 Å². The summed E-state index contributed by atoms with van der Waals surface area (Å²) in [7, 11) is 4.08. The maximum absolute atomic E-state index is 13.3. The van der Waals surface area contributed by atoms with Crippen molar-refractivity contribution in [3.8, 4) is 0 Å². The predicted octanol–water partition coefficient (Wildman–Crippen LogP) is 3.96. The van der Waals surface area contributed by atoms with Crippen LogP contribution in [0.15, 0.2) is 35.9 Å². The van der Waals surface area contributed by atoms with Gasteiger partial charge < -0.3 is 10.0 Å². The Balaban J connectivity index is 1.49. The Bertz CT molecular complexity index is 903. The maximum Gasteiger partial charge on any atom is 0.139 e. The Morgan fingerprint density at radius 1 is 1.17 bits per heavy atom. The zero-order valence-electron chi connectivity index (χ0n) is 18.1. The molecule has 0 aliphatic heterocycles. The number of carbonyl (C=O) groups excluding carboxylic acids is 2. The number of aliphatic hydroxyl groups is 1. The van der Waals surface area contributed by atoms with Gasteiger partial charge in [-0.25, -0.2) is 0 Å².